The van der Waals surface area contributed by atoms with Crippen LogP contribution in [-0.4, -0.2) is 190 Å². The van der Waals surface area contributed by atoms with E-state index >= 15 is 0 Å². The highest BCUT2D eigenvalue weighted by Crippen LogP contribution is 2.14. The second-order valence-corrected chi connectivity index (χ2v) is 12.3. The number of nitrogens with one attached hydrogen (secondary N) is 1. The van der Waals surface area contributed by atoms with Gasteiger partial charge in [0.2, 0.25) is 5.91 Å². The summed E-state index contributed by atoms with van der Waals surface area (Å²) >= 11 is 0. The fraction of sp³-hybridized carbons (Fsp3) is 0.968. The maximum absolute atomic E-state index is 11.7. The average molecular weight is 688 g/mol. The number of unbranched alkanes of at least 4 members (excludes halogenated alkanes) is 1. The first kappa shape index (κ1) is 45.9. The van der Waals surface area contributed by atoms with Gasteiger partial charge >= 0.3 is 0 Å². The van der Waals surface area contributed by atoms with Crippen molar-refractivity contribution in [1.29, 1.82) is 0 Å². The number of aliphatic hydroxyl groups is 8. The van der Waals surface area contributed by atoms with Crippen molar-refractivity contribution in [1.82, 2.24) is 10.2 Å². The van der Waals surface area contributed by atoms with Gasteiger partial charge in [-0.25, -0.2) is 0 Å². The fourth-order valence-electron chi connectivity index (χ4n) is 4.67. The number of nitrogens with zero attached hydrogens (tertiary/aromatic N) is 1. The van der Waals surface area contributed by atoms with Gasteiger partial charge in [0.05, 0.1) is 112 Å². The van der Waals surface area contributed by atoms with Crippen LogP contribution in [0.5, 0.6) is 0 Å². The minimum Gasteiger partial charge on any atom is -0.396 e. The number of aliphatic hydroxyl groups excluding tert-OH is 8. The number of primary amides is 1. The number of likely N-dealkylation sites (N-methyl/N-ethyl adjacent to an activating group) is 1. The van der Waals surface area contributed by atoms with Crippen LogP contribution in [0.4, 0.5) is 0 Å². The molecule has 16 nitrogen and oxygen atoms in total. The minimum absolute atomic E-state index is 0.149. The van der Waals surface area contributed by atoms with Crippen LogP contribution in [0.1, 0.15) is 19.3 Å². The van der Waals surface area contributed by atoms with Crippen LogP contribution in [0.2, 0.25) is 0 Å². The maximum atomic E-state index is 11.7. The van der Waals surface area contributed by atoms with E-state index in [0.717, 1.165) is 6.42 Å². The maximum Gasteiger partial charge on any atom is 0.234 e. The van der Waals surface area contributed by atoms with Gasteiger partial charge in [-0.15, -0.1) is 0 Å². The van der Waals surface area contributed by atoms with E-state index in [9.17, 15) is 45.6 Å². The lowest BCUT2D eigenvalue weighted by Gasteiger charge is -2.32. The molecule has 0 rings (SSSR count). The number of rotatable bonds is 35. The van der Waals surface area contributed by atoms with Gasteiger partial charge in [0, 0.05) is 48.6 Å². The molecule has 0 bridgehead atoms. The Labute approximate surface area is 279 Å². The van der Waals surface area contributed by atoms with Crippen molar-refractivity contribution in [2.45, 2.75) is 25.3 Å². The van der Waals surface area contributed by atoms with Gasteiger partial charge in [-0.05, 0) is 26.4 Å². The van der Waals surface area contributed by atoms with Crippen molar-refractivity contribution in [2.75, 3.05) is 132 Å². The number of hydrogen-bond acceptors (Lipinski definition) is 15. The number of hydrogen-bond donors (Lipinski definition) is 10. The van der Waals surface area contributed by atoms with Gasteiger partial charge in [0.25, 0.3) is 0 Å². The lowest BCUT2D eigenvalue weighted by Crippen LogP contribution is -2.41. The largest absolute Gasteiger partial charge is 0.396 e. The quantitative estimate of drug-likeness (QED) is 0.0287. The smallest absolute Gasteiger partial charge is 0.234 e. The number of amides is 1. The Kier molecular flexibility index (Phi) is 30.2. The standard InChI is InChI=1S/C31H65N3O13/c1-33-30(31(32)43)4-2-3-5-34(6-24(16-44-20-26(8-35)9-36)17-45-21-27(10-37)11-38)7-25(18-46-22-28(12-39)13-40)19-47-23-29(14-41)15-42/h24-30,33,35-42H,2-23H2,1H3,(H2,32,43)/t30-/m1/s1. The monoisotopic (exact) mass is 687 g/mol. The molecule has 16 heteroatoms. The van der Waals surface area contributed by atoms with Crippen LogP contribution in [0, 0.1) is 35.5 Å². The van der Waals surface area contributed by atoms with Crippen molar-refractivity contribution in [3.8, 4) is 0 Å². The van der Waals surface area contributed by atoms with Crippen molar-refractivity contribution in [3.63, 3.8) is 0 Å². The zero-order chi connectivity index (χ0) is 35.3. The third-order valence-corrected chi connectivity index (χ3v) is 7.84. The predicted octanol–water partition coefficient (Wildman–Crippen LogP) is -3.77. The molecule has 0 spiro atoms. The van der Waals surface area contributed by atoms with Gasteiger partial charge in [0.15, 0.2) is 0 Å². The van der Waals surface area contributed by atoms with E-state index in [0.29, 0.717) is 32.5 Å². The first-order chi connectivity index (χ1) is 22.7. The molecule has 0 aromatic heterocycles. The number of ether oxygens (including phenoxy) is 4. The molecular formula is C31H65N3O13. The van der Waals surface area contributed by atoms with Crippen LogP contribution < -0.4 is 11.1 Å². The highest BCUT2D eigenvalue weighted by Gasteiger charge is 2.22. The summed E-state index contributed by atoms with van der Waals surface area (Å²) in [5, 5.41) is 78.5. The van der Waals surface area contributed by atoms with Gasteiger partial charge in [-0.1, -0.05) is 6.42 Å². The third kappa shape index (κ3) is 23.0. The molecule has 1 atom stereocenters. The van der Waals surface area contributed by atoms with Gasteiger partial charge in [-0.3, -0.25) is 4.79 Å². The Morgan fingerprint density at radius 1 is 0.553 bits per heavy atom. The van der Waals surface area contributed by atoms with Gasteiger partial charge < -0.3 is 75.8 Å². The van der Waals surface area contributed by atoms with E-state index in [2.05, 4.69) is 10.2 Å². The summed E-state index contributed by atoms with van der Waals surface area (Å²) in [5.74, 6) is -2.46. The topological polar surface area (TPSA) is 257 Å². The van der Waals surface area contributed by atoms with Crippen molar-refractivity contribution in [3.05, 3.63) is 0 Å². The summed E-state index contributed by atoms with van der Waals surface area (Å²) in [6, 6.07) is -0.443. The molecular weight excluding hydrogens is 622 g/mol. The Hall–Kier alpha value is -1.09. The molecule has 282 valence electrons. The Morgan fingerprint density at radius 3 is 1.11 bits per heavy atom. The summed E-state index contributed by atoms with van der Waals surface area (Å²) in [7, 11) is 1.68. The number of nitrogens with two attached hydrogens (primary N) is 1. The van der Waals surface area contributed by atoms with E-state index in [1.165, 1.54) is 0 Å². The molecule has 0 aliphatic heterocycles. The number of carbonyl (C=O) groups excluding carboxylic acids is 1. The normalized spacial score (nSPS) is 13.1. The minimum atomic E-state index is -0.443. The third-order valence-electron chi connectivity index (χ3n) is 7.84. The van der Waals surface area contributed by atoms with Crippen molar-refractivity contribution >= 4 is 5.91 Å². The molecule has 1 amide bonds. The molecule has 11 N–H and O–H groups in total. The van der Waals surface area contributed by atoms with E-state index < -0.39 is 35.6 Å². The van der Waals surface area contributed by atoms with Crippen molar-refractivity contribution in [2.24, 2.45) is 41.2 Å². The zero-order valence-corrected chi connectivity index (χ0v) is 28.2. The molecule has 0 fully saturated rings. The highest BCUT2D eigenvalue weighted by molar-refractivity contribution is 5.79. The van der Waals surface area contributed by atoms with Crippen LogP contribution in [-0.2, 0) is 23.7 Å². The summed E-state index contributed by atoms with van der Waals surface area (Å²) in [5.41, 5.74) is 5.48. The van der Waals surface area contributed by atoms with Gasteiger partial charge in [-0.2, -0.15) is 0 Å². The second kappa shape index (κ2) is 30.9. The molecule has 0 saturated carbocycles. The van der Waals surface area contributed by atoms with Crippen LogP contribution >= 0.6 is 0 Å². The molecule has 0 aromatic carbocycles. The molecule has 47 heavy (non-hydrogen) atoms. The fourth-order valence-corrected chi connectivity index (χ4v) is 4.67. The Morgan fingerprint density at radius 2 is 0.851 bits per heavy atom. The second-order valence-electron chi connectivity index (χ2n) is 12.3. The summed E-state index contributed by atoms with van der Waals surface area (Å²) in [4.78, 5) is 13.9. The van der Waals surface area contributed by atoms with Crippen molar-refractivity contribution < 1.29 is 64.6 Å². The van der Waals surface area contributed by atoms with E-state index in [1.807, 2.05) is 0 Å². The highest BCUT2D eigenvalue weighted by atomic mass is 16.5. The van der Waals surface area contributed by atoms with Gasteiger partial charge in [0.1, 0.15) is 0 Å². The summed E-state index contributed by atoms with van der Waals surface area (Å²) < 4.78 is 23.4. The van der Waals surface area contributed by atoms with Crippen LogP contribution in [0.25, 0.3) is 0 Å². The van der Waals surface area contributed by atoms with E-state index in [1.54, 1.807) is 7.05 Å². The zero-order valence-electron chi connectivity index (χ0n) is 28.2. The Balaban J connectivity index is 5.84. The average Bonchev–Trinajstić information content (AvgIpc) is 3.08. The first-order valence-corrected chi connectivity index (χ1v) is 16.6. The number of carbonyl (C=O) groups is 1. The molecule has 0 radical (unpaired) electrons. The van der Waals surface area contributed by atoms with Crippen LogP contribution in [0.3, 0.4) is 0 Å². The predicted molar refractivity (Wildman–Crippen MR) is 173 cm³/mol. The SMILES string of the molecule is CN[C@H](CCCCN(CC(COCC(CO)CO)COCC(CO)CO)CC(COCC(CO)CO)COCC(CO)CO)C(N)=O. The van der Waals surface area contributed by atoms with E-state index in [4.69, 9.17) is 24.7 Å². The summed E-state index contributed by atoms with van der Waals surface area (Å²) in [6.45, 7) is 1.44. The molecule has 0 aliphatic carbocycles. The molecule has 0 heterocycles. The molecule has 0 saturated heterocycles. The molecule has 0 unspecified atom stereocenters. The lowest BCUT2D eigenvalue weighted by atomic mass is 10.1. The summed E-state index contributed by atoms with van der Waals surface area (Å²) in [6.07, 6.45) is 2.01. The molecule has 0 aliphatic rings. The Bertz CT molecular complexity index is 622. The van der Waals surface area contributed by atoms with E-state index in [-0.39, 0.29) is 118 Å². The van der Waals surface area contributed by atoms with Crippen LogP contribution in [0.15, 0.2) is 0 Å². The lowest BCUT2D eigenvalue weighted by molar-refractivity contribution is -0.120. The first-order valence-electron chi connectivity index (χ1n) is 16.6. The molecule has 0 aromatic rings.